The first-order chi connectivity index (χ1) is 12.9. The standard InChI is InChI=1S/C20H25ClN4O2/c1-14(2)11-17-13-18(23-22-17)20(27)25-9-7-24(8-10-25)19(26)12-15-3-5-16(21)6-4-15/h3-6,13-14H,7-12H2,1-2H3,(H,22,23). The number of amides is 2. The number of H-pyrrole nitrogens is 1. The molecule has 0 unspecified atom stereocenters. The number of carbonyl (C=O) groups is 2. The van der Waals surface area contributed by atoms with Crippen LogP contribution in [0.5, 0.6) is 0 Å². The van der Waals surface area contributed by atoms with Crippen molar-refractivity contribution in [2.75, 3.05) is 26.2 Å². The zero-order valence-corrected chi connectivity index (χ0v) is 16.5. The second-order valence-corrected chi connectivity index (χ2v) is 7.79. The van der Waals surface area contributed by atoms with Gasteiger partial charge in [0.15, 0.2) is 0 Å². The van der Waals surface area contributed by atoms with Gasteiger partial charge < -0.3 is 9.80 Å². The maximum absolute atomic E-state index is 12.6. The first-order valence-corrected chi connectivity index (χ1v) is 9.66. The maximum Gasteiger partial charge on any atom is 0.274 e. The van der Waals surface area contributed by atoms with Crippen molar-refractivity contribution in [3.05, 3.63) is 52.3 Å². The van der Waals surface area contributed by atoms with Crippen LogP contribution in [-0.2, 0) is 17.6 Å². The lowest BCUT2D eigenvalue weighted by Crippen LogP contribution is -2.51. The molecule has 0 aliphatic carbocycles. The summed E-state index contributed by atoms with van der Waals surface area (Å²) < 4.78 is 0. The SMILES string of the molecule is CC(C)Cc1cc(C(=O)N2CCN(C(=O)Cc3ccc(Cl)cc3)CC2)n[nH]1. The minimum absolute atomic E-state index is 0.0726. The molecule has 1 N–H and O–H groups in total. The Bertz CT molecular complexity index is 793. The first-order valence-electron chi connectivity index (χ1n) is 9.28. The molecule has 2 aromatic rings. The van der Waals surface area contributed by atoms with Crippen molar-refractivity contribution < 1.29 is 9.59 Å². The van der Waals surface area contributed by atoms with E-state index in [0.717, 1.165) is 17.7 Å². The van der Waals surface area contributed by atoms with E-state index < -0.39 is 0 Å². The van der Waals surface area contributed by atoms with Gasteiger partial charge in [-0.1, -0.05) is 37.6 Å². The van der Waals surface area contributed by atoms with Gasteiger partial charge in [0.1, 0.15) is 5.69 Å². The summed E-state index contributed by atoms with van der Waals surface area (Å²) in [5.74, 6) is 0.498. The number of aromatic nitrogens is 2. The lowest BCUT2D eigenvalue weighted by molar-refractivity contribution is -0.131. The third-order valence-electron chi connectivity index (χ3n) is 4.67. The highest BCUT2D eigenvalue weighted by molar-refractivity contribution is 6.30. The molecule has 7 heteroatoms. The van der Waals surface area contributed by atoms with Crippen molar-refractivity contribution in [2.24, 2.45) is 5.92 Å². The van der Waals surface area contributed by atoms with E-state index >= 15 is 0 Å². The lowest BCUT2D eigenvalue weighted by atomic mass is 10.1. The summed E-state index contributed by atoms with van der Waals surface area (Å²) in [5.41, 5.74) is 2.37. The zero-order chi connectivity index (χ0) is 19.4. The van der Waals surface area contributed by atoms with Crippen molar-refractivity contribution in [3.8, 4) is 0 Å². The van der Waals surface area contributed by atoms with Gasteiger partial charge in [-0.25, -0.2) is 0 Å². The monoisotopic (exact) mass is 388 g/mol. The van der Waals surface area contributed by atoms with Crippen molar-refractivity contribution in [3.63, 3.8) is 0 Å². The number of hydrogen-bond donors (Lipinski definition) is 1. The highest BCUT2D eigenvalue weighted by atomic mass is 35.5. The molecule has 1 saturated heterocycles. The second-order valence-electron chi connectivity index (χ2n) is 7.35. The van der Waals surface area contributed by atoms with E-state index in [2.05, 4.69) is 24.0 Å². The van der Waals surface area contributed by atoms with Gasteiger partial charge in [0.25, 0.3) is 5.91 Å². The van der Waals surface area contributed by atoms with Gasteiger partial charge in [0, 0.05) is 36.9 Å². The quantitative estimate of drug-likeness (QED) is 0.856. The lowest BCUT2D eigenvalue weighted by Gasteiger charge is -2.34. The van der Waals surface area contributed by atoms with E-state index in [1.807, 2.05) is 23.1 Å². The van der Waals surface area contributed by atoms with Crippen LogP contribution in [0.25, 0.3) is 0 Å². The molecule has 1 aliphatic heterocycles. The molecule has 0 atom stereocenters. The number of aromatic amines is 1. The number of carbonyl (C=O) groups excluding carboxylic acids is 2. The maximum atomic E-state index is 12.6. The van der Waals surface area contributed by atoms with Crippen molar-refractivity contribution in [1.82, 2.24) is 20.0 Å². The highest BCUT2D eigenvalue weighted by Gasteiger charge is 2.26. The van der Waals surface area contributed by atoms with E-state index in [-0.39, 0.29) is 11.8 Å². The molecule has 1 aromatic heterocycles. The molecule has 6 nitrogen and oxygen atoms in total. The Kier molecular flexibility index (Phi) is 6.16. The summed E-state index contributed by atoms with van der Waals surface area (Å²) in [5, 5.41) is 7.76. The molecule has 1 fully saturated rings. The number of hydrogen-bond acceptors (Lipinski definition) is 3. The van der Waals surface area contributed by atoms with Crippen molar-refractivity contribution >= 4 is 23.4 Å². The Morgan fingerprint density at radius 2 is 1.74 bits per heavy atom. The third-order valence-corrected chi connectivity index (χ3v) is 4.92. The summed E-state index contributed by atoms with van der Waals surface area (Å²) >= 11 is 5.88. The van der Waals surface area contributed by atoms with Crippen LogP contribution in [0.4, 0.5) is 0 Å². The van der Waals surface area contributed by atoms with Gasteiger partial charge in [-0.3, -0.25) is 14.7 Å². The molecule has 144 valence electrons. The number of rotatable bonds is 5. The Balaban J connectivity index is 1.52. The molecule has 3 rings (SSSR count). The molecule has 2 amide bonds. The van der Waals surface area contributed by atoms with Crippen LogP contribution in [0.2, 0.25) is 5.02 Å². The molecule has 27 heavy (non-hydrogen) atoms. The topological polar surface area (TPSA) is 69.3 Å². The summed E-state index contributed by atoms with van der Waals surface area (Å²) in [7, 11) is 0. The van der Waals surface area contributed by atoms with E-state index in [9.17, 15) is 9.59 Å². The molecular formula is C20H25ClN4O2. The molecule has 0 radical (unpaired) electrons. The predicted molar refractivity (Wildman–Crippen MR) is 105 cm³/mol. The summed E-state index contributed by atoms with van der Waals surface area (Å²) in [6.07, 6.45) is 1.22. The Hall–Kier alpha value is -2.34. The van der Waals surface area contributed by atoms with E-state index in [1.54, 1.807) is 17.0 Å². The van der Waals surface area contributed by atoms with Gasteiger partial charge in [0.05, 0.1) is 6.42 Å². The fourth-order valence-corrected chi connectivity index (χ4v) is 3.35. The Labute approximate surface area is 164 Å². The van der Waals surface area contributed by atoms with Crippen LogP contribution in [0.15, 0.2) is 30.3 Å². The molecule has 0 bridgehead atoms. The number of nitrogens with zero attached hydrogens (tertiary/aromatic N) is 3. The Morgan fingerprint density at radius 3 is 2.37 bits per heavy atom. The smallest absolute Gasteiger partial charge is 0.274 e. The number of halogens is 1. The first kappa shape index (κ1) is 19.4. The molecule has 2 heterocycles. The largest absolute Gasteiger partial charge is 0.339 e. The number of piperazine rings is 1. The average Bonchev–Trinajstić information content (AvgIpc) is 3.11. The van der Waals surface area contributed by atoms with Crippen LogP contribution in [0.1, 0.15) is 35.6 Å². The molecule has 0 spiro atoms. The average molecular weight is 389 g/mol. The molecule has 1 aliphatic rings. The van der Waals surface area contributed by atoms with Crippen LogP contribution < -0.4 is 0 Å². The van der Waals surface area contributed by atoms with Crippen LogP contribution in [0, 0.1) is 5.92 Å². The third kappa shape index (κ3) is 5.10. The summed E-state index contributed by atoms with van der Waals surface area (Å²) in [6.45, 7) is 6.39. The van der Waals surface area contributed by atoms with E-state index in [1.165, 1.54) is 0 Å². The van der Waals surface area contributed by atoms with E-state index in [4.69, 9.17) is 11.6 Å². The normalized spacial score (nSPS) is 14.7. The van der Waals surface area contributed by atoms with Crippen molar-refractivity contribution in [2.45, 2.75) is 26.7 Å². The molecule has 0 saturated carbocycles. The summed E-state index contributed by atoms with van der Waals surface area (Å²) in [6, 6.07) is 9.15. The predicted octanol–water partition coefficient (Wildman–Crippen LogP) is 2.79. The highest BCUT2D eigenvalue weighted by Crippen LogP contribution is 2.14. The van der Waals surface area contributed by atoms with Gasteiger partial charge in [-0.05, 0) is 36.1 Å². The van der Waals surface area contributed by atoms with Crippen molar-refractivity contribution in [1.29, 1.82) is 0 Å². The van der Waals surface area contributed by atoms with Gasteiger partial charge in [-0.15, -0.1) is 0 Å². The zero-order valence-electron chi connectivity index (χ0n) is 15.7. The number of nitrogens with one attached hydrogen (secondary N) is 1. The van der Waals surface area contributed by atoms with Crippen LogP contribution in [-0.4, -0.2) is 58.0 Å². The molecule has 1 aromatic carbocycles. The number of benzene rings is 1. The fourth-order valence-electron chi connectivity index (χ4n) is 3.23. The Morgan fingerprint density at radius 1 is 1.11 bits per heavy atom. The minimum atomic E-state index is -0.0777. The summed E-state index contributed by atoms with van der Waals surface area (Å²) in [4.78, 5) is 28.7. The van der Waals surface area contributed by atoms with Crippen LogP contribution in [0.3, 0.4) is 0 Å². The van der Waals surface area contributed by atoms with E-state index in [0.29, 0.717) is 49.2 Å². The van der Waals surface area contributed by atoms with Gasteiger partial charge in [-0.2, -0.15) is 5.10 Å². The van der Waals surface area contributed by atoms with Gasteiger partial charge in [0.2, 0.25) is 5.91 Å². The minimum Gasteiger partial charge on any atom is -0.339 e. The van der Waals surface area contributed by atoms with Crippen LogP contribution >= 0.6 is 11.6 Å². The fraction of sp³-hybridized carbons (Fsp3) is 0.450. The molecular weight excluding hydrogens is 364 g/mol. The van der Waals surface area contributed by atoms with Gasteiger partial charge >= 0.3 is 0 Å². The second kappa shape index (κ2) is 8.57.